The van der Waals surface area contributed by atoms with Crippen molar-refractivity contribution in [1.29, 1.82) is 5.26 Å². The molecule has 2 rings (SSSR count). The molecule has 1 unspecified atom stereocenters. The van der Waals surface area contributed by atoms with E-state index < -0.39 is 5.54 Å². The van der Waals surface area contributed by atoms with Crippen LogP contribution in [0.2, 0.25) is 0 Å². The minimum atomic E-state index is -0.746. The van der Waals surface area contributed by atoms with Crippen LogP contribution in [0.3, 0.4) is 0 Å². The maximum atomic E-state index is 12.1. The van der Waals surface area contributed by atoms with Crippen molar-refractivity contribution in [2.24, 2.45) is 5.92 Å². The number of hydrogen-bond acceptors (Lipinski definition) is 5. The minimum absolute atomic E-state index is 0.125. The van der Waals surface area contributed by atoms with E-state index >= 15 is 0 Å². The van der Waals surface area contributed by atoms with E-state index in [0.717, 1.165) is 12.8 Å². The van der Waals surface area contributed by atoms with Crippen molar-refractivity contribution in [3.8, 4) is 6.07 Å². The van der Waals surface area contributed by atoms with Crippen LogP contribution in [0, 0.1) is 17.2 Å². The van der Waals surface area contributed by atoms with Gasteiger partial charge in [0.15, 0.2) is 0 Å². The standard InChI is InChI=1S/C15H24N4O3/c1-3-22-14(21)19-8-6-18(7-9-19)10-13(20)17-15(2,11-16)12-4-5-12/h12H,3-10H2,1-2H3,(H,17,20). The van der Waals surface area contributed by atoms with Crippen molar-refractivity contribution in [3.63, 3.8) is 0 Å². The molecule has 1 N–H and O–H groups in total. The maximum Gasteiger partial charge on any atom is 0.409 e. The van der Waals surface area contributed by atoms with Crippen molar-refractivity contribution in [2.75, 3.05) is 39.3 Å². The fourth-order valence-corrected chi connectivity index (χ4v) is 2.72. The summed E-state index contributed by atoms with van der Waals surface area (Å²) < 4.78 is 4.96. The molecule has 2 fully saturated rings. The van der Waals surface area contributed by atoms with Gasteiger partial charge in [-0.25, -0.2) is 4.79 Å². The highest BCUT2D eigenvalue weighted by molar-refractivity contribution is 5.79. The molecule has 1 heterocycles. The Morgan fingerprint density at radius 3 is 2.45 bits per heavy atom. The van der Waals surface area contributed by atoms with E-state index in [9.17, 15) is 14.9 Å². The lowest BCUT2D eigenvalue weighted by Crippen LogP contribution is -2.54. The van der Waals surface area contributed by atoms with E-state index in [1.54, 1.807) is 18.7 Å². The molecule has 2 amide bonds. The van der Waals surface area contributed by atoms with Gasteiger partial charge in [-0.05, 0) is 32.6 Å². The number of piperazine rings is 1. The summed E-state index contributed by atoms with van der Waals surface area (Å²) in [5.74, 6) is 0.155. The third-order valence-electron chi connectivity index (χ3n) is 4.29. The number of nitrogens with one attached hydrogen (secondary N) is 1. The summed E-state index contributed by atoms with van der Waals surface area (Å²) in [6.45, 7) is 6.61. The highest BCUT2D eigenvalue weighted by Crippen LogP contribution is 2.39. The van der Waals surface area contributed by atoms with Crippen molar-refractivity contribution < 1.29 is 14.3 Å². The van der Waals surface area contributed by atoms with E-state index in [1.807, 2.05) is 4.90 Å². The quantitative estimate of drug-likeness (QED) is 0.802. The summed E-state index contributed by atoms with van der Waals surface area (Å²) in [5, 5.41) is 12.1. The van der Waals surface area contributed by atoms with Crippen LogP contribution in [-0.2, 0) is 9.53 Å². The number of carbonyl (C=O) groups excluding carboxylic acids is 2. The fourth-order valence-electron chi connectivity index (χ4n) is 2.72. The molecule has 7 nitrogen and oxygen atoms in total. The van der Waals surface area contributed by atoms with E-state index in [0.29, 0.717) is 32.8 Å². The van der Waals surface area contributed by atoms with Crippen LogP contribution in [0.15, 0.2) is 0 Å². The third-order valence-corrected chi connectivity index (χ3v) is 4.29. The number of hydrogen-bond donors (Lipinski definition) is 1. The molecule has 1 saturated heterocycles. The van der Waals surface area contributed by atoms with Gasteiger partial charge in [0, 0.05) is 26.2 Å². The van der Waals surface area contributed by atoms with Crippen LogP contribution in [0.4, 0.5) is 4.79 Å². The summed E-state index contributed by atoms with van der Waals surface area (Å²) in [5.41, 5.74) is -0.746. The van der Waals surface area contributed by atoms with E-state index in [-0.39, 0.29) is 24.5 Å². The number of ether oxygens (including phenoxy) is 1. The largest absolute Gasteiger partial charge is 0.450 e. The van der Waals surface area contributed by atoms with Crippen LogP contribution in [0.1, 0.15) is 26.7 Å². The summed E-state index contributed by atoms with van der Waals surface area (Å²) in [4.78, 5) is 27.4. The van der Waals surface area contributed by atoms with Crippen LogP contribution < -0.4 is 5.32 Å². The lowest BCUT2D eigenvalue weighted by atomic mass is 9.98. The first kappa shape index (κ1) is 16.6. The molecule has 1 atom stereocenters. The van der Waals surface area contributed by atoms with Crippen molar-refractivity contribution in [3.05, 3.63) is 0 Å². The highest BCUT2D eigenvalue weighted by Gasteiger charge is 2.43. The minimum Gasteiger partial charge on any atom is -0.450 e. The molecule has 1 saturated carbocycles. The number of carbonyl (C=O) groups is 2. The van der Waals surface area contributed by atoms with Gasteiger partial charge in [-0.1, -0.05) is 0 Å². The predicted octanol–water partition coefficient (Wildman–Crippen LogP) is 0.569. The maximum absolute atomic E-state index is 12.1. The monoisotopic (exact) mass is 308 g/mol. The van der Waals surface area contributed by atoms with Gasteiger partial charge in [0.25, 0.3) is 0 Å². The highest BCUT2D eigenvalue weighted by atomic mass is 16.6. The molecule has 1 aliphatic carbocycles. The van der Waals surface area contributed by atoms with Gasteiger partial charge in [0.05, 0.1) is 19.2 Å². The molecule has 0 aromatic rings. The molecule has 7 heteroatoms. The average molecular weight is 308 g/mol. The van der Waals surface area contributed by atoms with Gasteiger partial charge >= 0.3 is 6.09 Å². The Labute approximate surface area is 131 Å². The van der Waals surface area contributed by atoms with E-state index in [2.05, 4.69) is 11.4 Å². The van der Waals surface area contributed by atoms with E-state index in [4.69, 9.17) is 4.74 Å². The topological polar surface area (TPSA) is 85.7 Å². The molecule has 0 aromatic carbocycles. The number of nitrogens with zero attached hydrogens (tertiary/aromatic N) is 3. The smallest absolute Gasteiger partial charge is 0.409 e. The van der Waals surface area contributed by atoms with Gasteiger partial charge in [0.2, 0.25) is 5.91 Å². The van der Waals surface area contributed by atoms with Gasteiger partial charge in [-0.3, -0.25) is 9.69 Å². The first-order valence-corrected chi connectivity index (χ1v) is 7.85. The lowest BCUT2D eigenvalue weighted by molar-refractivity contribution is -0.124. The SMILES string of the molecule is CCOC(=O)N1CCN(CC(=O)NC(C)(C#N)C2CC2)CC1. The lowest BCUT2D eigenvalue weighted by Gasteiger charge is -2.34. The summed E-state index contributed by atoms with van der Waals surface area (Å²) in [6, 6.07) is 2.22. The first-order chi connectivity index (χ1) is 10.5. The Kier molecular flexibility index (Phi) is 5.24. The molecule has 2 aliphatic rings. The fraction of sp³-hybridized carbons (Fsp3) is 0.800. The zero-order valence-corrected chi connectivity index (χ0v) is 13.3. The number of amides is 2. The molecule has 122 valence electrons. The van der Waals surface area contributed by atoms with Crippen LogP contribution in [0.5, 0.6) is 0 Å². The Hall–Kier alpha value is -1.81. The summed E-state index contributed by atoms with van der Waals surface area (Å²) in [6.07, 6.45) is 1.71. The van der Waals surface area contributed by atoms with Crippen LogP contribution in [-0.4, -0.2) is 66.7 Å². The molecular weight excluding hydrogens is 284 g/mol. The van der Waals surface area contributed by atoms with Gasteiger partial charge in [-0.15, -0.1) is 0 Å². The Morgan fingerprint density at radius 2 is 1.95 bits per heavy atom. The zero-order valence-electron chi connectivity index (χ0n) is 13.3. The first-order valence-electron chi connectivity index (χ1n) is 7.85. The summed E-state index contributed by atoms with van der Waals surface area (Å²) in [7, 11) is 0. The second-order valence-electron chi connectivity index (χ2n) is 6.10. The number of rotatable bonds is 5. The van der Waals surface area contributed by atoms with Crippen LogP contribution in [0.25, 0.3) is 0 Å². The normalized spacial score (nSPS) is 21.6. The van der Waals surface area contributed by atoms with E-state index in [1.165, 1.54) is 0 Å². The second kappa shape index (κ2) is 6.97. The predicted molar refractivity (Wildman–Crippen MR) is 79.9 cm³/mol. The number of nitriles is 1. The molecule has 22 heavy (non-hydrogen) atoms. The molecule has 1 aliphatic heterocycles. The average Bonchev–Trinajstić information content (AvgIpc) is 3.33. The summed E-state index contributed by atoms with van der Waals surface area (Å²) >= 11 is 0. The van der Waals surface area contributed by atoms with Gasteiger partial charge in [-0.2, -0.15) is 5.26 Å². The van der Waals surface area contributed by atoms with Crippen molar-refractivity contribution in [1.82, 2.24) is 15.1 Å². The second-order valence-corrected chi connectivity index (χ2v) is 6.10. The molecule has 0 bridgehead atoms. The van der Waals surface area contributed by atoms with Gasteiger partial charge < -0.3 is 15.0 Å². The molecular formula is C15H24N4O3. The van der Waals surface area contributed by atoms with Crippen LogP contribution >= 0.6 is 0 Å². The van der Waals surface area contributed by atoms with Gasteiger partial charge in [0.1, 0.15) is 5.54 Å². The molecule has 0 radical (unpaired) electrons. The molecule has 0 aromatic heterocycles. The van der Waals surface area contributed by atoms with Crippen molar-refractivity contribution >= 4 is 12.0 Å². The van der Waals surface area contributed by atoms with Crippen molar-refractivity contribution in [2.45, 2.75) is 32.2 Å². The molecule has 0 spiro atoms. The zero-order chi connectivity index (χ0) is 16.2. The Balaban J connectivity index is 1.75. The third kappa shape index (κ3) is 4.10. The Morgan fingerprint density at radius 1 is 1.32 bits per heavy atom. The Bertz CT molecular complexity index is 464.